The minimum Gasteiger partial charge on any atom is -0.490 e. The third kappa shape index (κ3) is 7.85. The number of esters is 1. The van der Waals surface area contributed by atoms with Crippen LogP contribution in [0.3, 0.4) is 0 Å². The van der Waals surface area contributed by atoms with Crippen molar-refractivity contribution in [3.8, 4) is 11.5 Å². The Morgan fingerprint density at radius 1 is 1.06 bits per heavy atom. The van der Waals surface area contributed by atoms with Crippen molar-refractivity contribution >= 4 is 23.6 Å². The molecule has 0 heterocycles. The molecule has 2 rings (SSSR count). The van der Waals surface area contributed by atoms with Crippen molar-refractivity contribution in [1.29, 1.82) is 0 Å². The number of para-hydroxylation sites is 1. The van der Waals surface area contributed by atoms with E-state index in [0.29, 0.717) is 30.3 Å². The molecule has 0 aliphatic heterocycles. The first-order valence-corrected chi connectivity index (χ1v) is 10.4. The molecule has 2 aromatic carbocycles. The van der Waals surface area contributed by atoms with Gasteiger partial charge in [-0.1, -0.05) is 25.1 Å². The Kier molecular flexibility index (Phi) is 9.32. The Morgan fingerprint density at radius 2 is 1.79 bits per heavy atom. The number of rotatable bonds is 10. The molecule has 0 fully saturated rings. The molecule has 0 bridgehead atoms. The number of halogens is 3. The van der Waals surface area contributed by atoms with E-state index in [1.54, 1.807) is 18.2 Å². The van der Waals surface area contributed by atoms with Gasteiger partial charge in [0.1, 0.15) is 0 Å². The lowest BCUT2D eigenvalue weighted by Gasteiger charge is -2.16. The van der Waals surface area contributed by atoms with Gasteiger partial charge in [0.05, 0.1) is 24.5 Å². The first kappa shape index (κ1) is 25.8. The fourth-order valence-corrected chi connectivity index (χ4v) is 2.73. The van der Waals surface area contributed by atoms with Crippen LogP contribution in [0.2, 0.25) is 0 Å². The maximum absolute atomic E-state index is 13.1. The van der Waals surface area contributed by atoms with Gasteiger partial charge in [0.2, 0.25) is 0 Å². The second-order valence-electron chi connectivity index (χ2n) is 6.93. The van der Waals surface area contributed by atoms with E-state index in [-0.39, 0.29) is 0 Å². The summed E-state index contributed by atoms with van der Waals surface area (Å²) in [7, 11) is 0. The molecule has 0 aliphatic carbocycles. The fraction of sp³-hybridized carbons (Fsp3) is 0.333. The molecule has 178 valence electrons. The molecule has 33 heavy (non-hydrogen) atoms. The van der Waals surface area contributed by atoms with E-state index in [4.69, 9.17) is 14.2 Å². The minimum absolute atomic E-state index is 0.415. The normalized spacial score (nSPS) is 12.3. The second-order valence-corrected chi connectivity index (χ2v) is 6.93. The lowest BCUT2D eigenvalue weighted by atomic mass is 10.1. The molecule has 2 aromatic rings. The highest BCUT2D eigenvalue weighted by atomic mass is 19.4. The third-order valence-corrected chi connectivity index (χ3v) is 4.29. The standard InChI is InChI=1S/C24H26F3NO5/c1-4-14-32-20-12-10-17(15-21(20)31-5-2)11-13-22(29)33-16(3)23(30)28-19-9-7-6-8-18(19)24(25,26)27/h6-13,15-16H,4-5,14H2,1-3H3,(H,28,30)/b13-11+. The topological polar surface area (TPSA) is 73.9 Å². The van der Waals surface area contributed by atoms with Gasteiger partial charge >= 0.3 is 12.1 Å². The summed E-state index contributed by atoms with van der Waals surface area (Å²) in [6, 6.07) is 9.69. The molecule has 0 radical (unpaired) electrons. The zero-order chi connectivity index (χ0) is 24.4. The number of carbonyl (C=O) groups is 2. The summed E-state index contributed by atoms with van der Waals surface area (Å²) in [6.45, 7) is 6.06. The van der Waals surface area contributed by atoms with Gasteiger partial charge in [0.25, 0.3) is 5.91 Å². The predicted octanol–water partition coefficient (Wildman–Crippen LogP) is 5.48. The summed E-state index contributed by atoms with van der Waals surface area (Å²) in [5.74, 6) is -0.601. The van der Waals surface area contributed by atoms with Crippen molar-refractivity contribution < 1.29 is 37.0 Å². The number of benzene rings is 2. The van der Waals surface area contributed by atoms with E-state index >= 15 is 0 Å². The number of nitrogens with one attached hydrogen (secondary N) is 1. The molecule has 6 nitrogen and oxygen atoms in total. The molecule has 1 amide bonds. The van der Waals surface area contributed by atoms with Crippen LogP contribution < -0.4 is 14.8 Å². The molecule has 1 unspecified atom stereocenters. The van der Waals surface area contributed by atoms with Crippen LogP contribution in [0.15, 0.2) is 48.5 Å². The highest BCUT2D eigenvalue weighted by Crippen LogP contribution is 2.34. The van der Waals surface area contributed by atoms with Gasteiger partial charge in [-0.15, -0.1) is 0 Å². The molecular formula is C24H26F3NO5. The van der Waals surface area contributed by atoms with Crippen LogP contribution in [0.1, 0.15) is 38.3 Å². The largest absolute Gasteiger partial charge is 0.490 e. The zero-order valence-electron chi connectivity index (χ0n) is 18.6. The fourth-order valence-electron chi connectivity index (χ4n) is 2.73. The maximum Gasteiger partial charge on any atom is 0.418 e. The average Bonchev–Trinajstić information content (AvgIpc) is 2.77. The first-order chi connectivity index (χ1) is 15.7. The lowest BCUT2D eigenvalue weighted by Crippen LogP contribution is -2.30. The Bertz CT molecular complexity index is 988. The van der Waals surface area contributed by atoms with Gasteiger partial charge in [-0.05, 0) is 56.2 Å². The van der Waals surface area contributed by atoms with Crippen LogP contribution in [-0.4, -0.2) is 31.2 Å². The van der Waals surface area contributed by atoms with Gasteiger partial charge in [-0.25, -0.2) is 4.79 Å². The Morgan fingerprint density at radius 3 is 2.45 bits per heavy atom. The Hall–Kier alpha value is -3.49. The molecule has 9 heteroatoms. The summed E-state index contributed by atoms with van der Waals surface area (Å²) in [4.78, 5) is 24.3. The molecule has 0 aliphatic rings. The number of anilines is 1. The van der Waals surface area contributed by atoms with E-state index in [1.807, 2.05) is 13.8 Å². The average molecular weight is 465 g/mol. The van der Waals surface area contributed by atoms with Crippen LogP contribution in [0.4, 0.5) is 18.9 Å². The predicted molar refractivity (Wildman–Crippen MR) is 118 cm³/mol. The number of hydrogen-bond acceptors (Lipinski definition) is 5. The maximum atomic E-state index is 13.1. The Balaban J connectivity index is 2.01. The number of hydrogen-bond donors (Lipinski definition) is 1. The highest BCUT2D eigenvalue weighted by molar-refractivity contribution is 5.97. The van der Waals surface area contributed by atoms with Gasteiger partial charge < -0.3 is 19.5 Å². The van der Waals surface area contributed by atoms with Crippen LogP contribution in [0, 0.1) is 0 Å². The van der Waals surface area contributed by atoms with Gasteiger partial charge in [0.15, 0.2) is 17.6 Å². The van der Waals surface area contributed by atoms with Gasteiger partial charge in [-0.2, -0.15) is 13.2 Å². The number of alkyl halides is 3. The van der Waals surface area contributed by atoms with Crippen LogP contribution in [-0.2, 0) is 20.5 Å². The van der Waals surface area contributed by atoms with Crippen LogP contribution in [0.5, 0.6) is 11.5 Å². The second kappa shape index (κ2) is 11.9. The molecule has 1 N–H and O–H groups in total. The SMILES string of the molecule is CCCOc1ccc(/C=C/C(=O)OC(C)C(=O)Nc2ccccc2C(F)(F)F)cc1OCC. The summed E-state index contributed by atoms with van der Waals surface area (Å²) in [6.07, 6.45) is -2.52. The smallest absolute Gasteiger partial charge is 0.418 e. The molecule has 0 spiro atoms. The van der Waals surface area contributed by atoms with E-state index in [0.717, 1.165) is 24.6 Å². The van der Waals surface area contributed by atoms with Gasteiger partial charge in [-0.3, -0.25) is 4.79 Å². The number of ether oxygens (including phenoxy) is 3. The van der Waals surface area contributed by atoms with Crippen molar-refractivity contribution in [3.05, 3.63) is 59.7 Å². The van der Waals surface area contributed by atoms with Crippen molar-refractivity contribution in [2.45, 2.75) is 39.5 Å². The molecule has 1 atom stereocenters. The van der Waals surface area contributed by atoms with Gasteiger partial charge in [0, 0.05) is 6.08 Å². The summed E-state index contributed by atoms with van der Waals surface area (Å²) < 4.78 is 55.4. The number of amides is 1. The summed E-state index contributed by atoms with van der Waals surface area (Å²) >= 11 is 0. The zero-order valence-corrected chi connectivity index (χ0v) is 18.6. The highest BCUT2D eigenvalue weighted by Gasteiger charge is 2.34. The summed E-state index contributed by atoms with van der Waals surface area (Å²) in [5, 5.41) is 2.15. The van der Waals surface area contributed by atoms with E-state index in [9.17, 15) is 22.8 Å². The third-order valence-electron chi connectivity index (χ3n) is 4.29. The monoisotopic (exact) mass is 465 g/mol. The van der Waals surface area contributed by atoms with E-state index < -0.39 is 35.4 Å². The Labute approximate surface area is 190 Å². The molecule has 0 saturated heterocycles. The van der Waals surface area contributed by atoms with Crippen molar-refractivity contribution in [2.24, 2.45) is 0 Å². The minimum atomic E-state index is -4.63. The lowest BCUT2D eigenvalue weighted by molar-refractivity contribution is -0.148. The quantitative estimate of drug-likeness (QED) is 0.372. The molecule has 0 saturated carbocycles. The summed E-state index contributed by atoms with van der Waals surface area (Å²) in [5.41, 5.74) is -0.772. The van der Waals surface area contributed by atoms with E-state index in [2.05, 4.69) is 5.32 Å². The number of carbonyl (C=O) groups excluding carboxylic acids is 2. The molecular weight excluding hydrogens is 439 g/mol. The van der Waals surface area contributed by atoms with E-state index in [1.165, 1.54) is 25.1 Å². The van der Waals surface area contributed by atoms with Crippen molar-refractivity contribution in [3.63, 3.8) is 0 Å². The van der Waals surface area contributed by atoms with Crippen molar-refractivity contribution in [1.82, 2.24) is 0 Å². The van der Waals surface area contributed by atoms with Crippen LogP contribution >= 0.6 is 0 Å². The van der Waals surface area contributed by atoms with Crippen LogP contribution in [0.25, 0.3) is 6.08 Å². The molecule has 0 aromatic heterocycles. The van der Waals surface area contributed by atoms with Crippen molar-refractivity contribution in [2.75, 3.05) is 18.5 Å². The first-order valence-electron chi connectivity index (χ1n) is 10.4.